The van der Waals surface area contributed by atoms with E-state index in [0.717, 1.165) is 5.56 Å². The zero-order valence-corrected chi connectivity index (χ0v) is 32.0. The topological polar surface area (TPSA) is 196 Å². The summed E-state index contributed by atoms with van der Waals surface area (Å²) in [6.07, 6.45) is 2.98. The van der Waals surface area contributed by atoms with E-state index in [1.54, 1.807) is 55.5 Å². The summed E-state index contributed by atoms with van der Waals surface area (Å²) in [6, 6.07) is 8.64. The zero-order chi connectivity index (χ0) is 39.9. The number of carbonyl (C=O) groups excluding carboxylic acids is 7. The molecule has 4 heterocycles. The van der Waals surface area contributed by atoms with Crippen molar-refractivity contribution in [1.29, 1.82) is 0 Å². The highest BCUT2D eigenvalue weighted by Gasteiger charge is 2.46. The van der Waals surface area contributed by atoms with E-state index >= 15 is 0 Å². The standard InChI is InChI=1S/C40H51N7O9/c1-24-20-33-39(53)56-23-30(43-34(48)29(21-26-10-5-4-6-11-26)44-40(54)42-27-14-16-28(55-3)17-15-27)37(51)46-19-9-13-32(46)38(52)45-18-8-7-12-31(45)35(49)41-25(2)36(50)47(33)22-24/h4-6,10-11,14-17,24-25,29-33H,7-9,12-13,18-23H2,1-3H3,(H,41,49)(H,43,48)(H2,42,44,54)/t24-,25+,29+,30+,31+,32+,33+/m1/s1. The number of methoxy groups -OCH3 is 1. The molecule has 7 atom stereocenters. The molecule has 4 aliphatic heterocycles. The van der Waals surface area contributed by atoms with Crippen molar-refractivity contribution >= 4 is 47.2 Å². The summed E-state index contributed by atoms with van der Waals surface area (Å²) in [6.45, 7) is 3.65. The van der Waals surface area contributed by atoms with Gasteiger partial charge in [0, 0.05) is 31.7 Å². The van der Waals surface area contributed by atoms with Gasteiger partial charge in [0.1, 0.15) is 48.6 Å². The molecule has 300 valence electrons. The molecule has 0 saturated carbocycles. The van der Waals surface area contributed by atoms with Crippen molar-refractivity contribution in [2.24, 2.45) is 5.92 Å². The average Bonchev–Trinajstić information content (AvgIpc) is 3.86. The number of rotatable bonds is 7. The number of nitrogens with one attached hydrogen (secondary N) is 4. The van der Waals surface area contributed by atoms with E-state index in [1.165, 1.54) is 21.8 Å². The molecule has 0 spiro atoms. The first-order valence-electron chi connectivity index (χ1n) is 19.4. The minimum Gasteiger partial charge on any atom is -0.497 e. The Balaban J connectivity index is 1.29. The Morgan fingerprint density at radius 2 is 1.54 bits per heavy atom. The maximum absolute atomic E-state index is 14.5. The fraction of sp³-hybridized carbons (Fsp3) is 0.525. The van der Waals surface area contributed by atoms with Crippen molar-refractivity contribution in [3.05, 3.63) is 60.2 Å². The molecule has 7 amide bonds. The Kier molecular flexibility index (Phi) is 12.8. The molecule has 0 aliphatic carbocycles. The molecule has 0 unspecified atom stereocenters. The van der Waals surface area contributed by atoms with Crippen LogP contribution in [0.3, 0.4) is 0 Å². The van der Waals surface area contributed by atoms with Gasteiger partial charge in [0.15, 0.2) is 0 Å². The lowest BCUT2D eigenvalue weighted by atomic mass is 9.99. The van der Waals surface area contributed by atoms with E-state index in [-0.39, 0.29) is 25.4 Å². The van der Waals surface area contributed by atoms with Crippen LogP contribution in [0.2, 0.25) is 0 Å². The van der Waals surface area contributed by atoms with Crippen LogP contribution in [0.4, 0.5) is 10.5 Å². The summed E-state index contributed by atoms with van der Waals surface area (Å²) < 4.78 is 10.9. The maximum atomic E-state index is 14.5. The van der Waals surface area contributed by atoms with Crippen molar-refractivity contribution in [3.8, 4) is 5.75 Å². The first kappa shape index (κ1) is 40.0. The molecule has 0 bridgehead atoms. The number of nitrogens with zero attached hydrogens (tertiary/aromatic N) is 3. The van der Waals surface area contributed by atoms with Crippen molar-refractivity contribution in [3.63, 3.8) is 0 Å². The highest BCUT2D eigenvalue weighted by atomic mass is 16.5. The number of carbonyl (C=O) groups is 7. The summed E-state index contributed by atoms with van der Waals surface area (Å²) in [4.78, 5) is 102. The van der Waals surface area contributed by atoms with Gasteiger partial charge >= 0.3 is 12.0 Å². The van der Waals surface area contributed by atoms with Crippen LogP contribution in [0.15, 0.2) is 54.6 Å². The quantitative estimate of drug-likeness (QED) is 0.302. The number of fused-ring (bicyclic) bond motifs is 3. The monoisotopic (exact) mass is 773 g/mol. The summed E-state index contributed by atoms with van der Waals surface area (Å²) >= 11 is 0. The number of esters is 1. The minimum absolute atomic E-state index is 0.0516. The van der Waals surface area contributed by atoms with Crippen molar-refractivity contribution < 1.29 is 43.0 Å². The van der Waals surface area contributed by atoms with Crippen molar-refractivity contribution in [2.45, 2.75) is 95.0 Å². The summed E-state index contributed by atoms with van der Waals surface area (Å²) in [5.41, 5.74) is 1.18. The van der Waals surface area contributed by atoms with Gasteiger partial charge in [-0.15, -0.1) is 0 Å². The van der Waals surface area contributed by atoms with Gasteiger partial charge in [-0.1, -0.05) is 37.3 Å². The molecule has 16 heteroatoms. The third-order valence-corrected chi connectivity index (χ3v) is 11.0. The smallest absolute Gasteiger partial charge is 0.328 e. The van der Waals surface area contributed by atoms with Gasteiger partial charge in [0.05, 0.1) is 7.11 Å². The first-order valence-corrected chi connectivity index (χ1v) is 19.4. The van der Waals surface area contributed by atoms with E-state index < -0.39 is 84.4 Å². The van der Waals surface area contributed by atoms with E-state index in [9.17, 15) is 33.6 Å². The number of cyclic esters (lactones) is 1. The Bertz CT molecular complexity index is 1790. The number of ether oxygens (including phenoxy) is 2. The normalized spacial score (nSPS) is 26.6. The van der Waals surface area contributed by atoms with Gasteiger partial charge in [0.25, 0.3) is 0 Å². The lowest BCUT2D eigenvalue weighted by molar-refractivity contribution is -0.158. The molecule has 2 aromatic rings. The number of piperidine rings is 1. The largest absolute Gasteiger partial charge is 0.497 e. The van der Waals surface area contributed by atoms with Gasteiger partial charge in [-0.3, -0.25) is 24.0 Å². The van der Waals surface area contributed by atoms with Crippen molar-refractivity contribution in [1.82, 2.24) is 30.7 Å². The molecule has 0 radical (unpaired) electrons. The molecule has 56 heavy (non-hydrogen) atoms. The van der Waals surface area contributed by atoms with Crippen LogP contribution >= 0.6 is 0 Å². The van der Waals surface area contributed by atoms with Crippen LogP contribution in [0.1, 0.15) is 57.9 Å². The predicted octanol–water partition coefficient (Wildman–Crippen LogP) is 1.58. The van der Waals surface area contributed by atoms with Crippen LogP contribution in [-0.2, 0) is 39.9 Å². The third-order valence-electron chi connectivity index (χ3n) is 11.0. The minimum atomic E-state index is -1.44. The van der Waals surface area contributed by atoms with E-state index in [2.05, 4.69) is 21.3 Å². The van der Waals surface area contributed by atoms with Crippen LogP contribution < -0.4 is 26.0 Å². The Morgan fingerprint density at radius 3 is 2.27 bits per heavy atom. The molecule has 4 N–H and O–H groups in total. The molecule has 2 aromatic carbocycles. The average molecular weight is 774 g/mol. The van der Waals surface area contributed by atoms with Gasteiger partial charge in [-0.2, -0.15) is 0 Å². The number of benzene rings is 2. The highest BCUT2D eigenvalue weighted by molar-refractivity contribution is 5.98. The molecule has 6 rings (SSSR count). The Hall–Kier alpha value is -5.67. The molecular formula is C40H51N7O9. The van der Waals surface area contributed by atoms with E-state index in [4.69, 9.17) is 9.47 Å². The van der Waals surface area contributed by atoms with E-state index in [1.807, 2.05) is 13.0 Å². The summed E-state index contributed by atoms with van der Waals surface area (Å²) in [5, 5.41) is 10.9. The van der Waals surface area contributed by atoms with Crippen LogP contribution in [0.25, 0.3) is 0 Å². The number of urea groups is 1. The van der Waals surface area contributed by atoms with Crippen molar-refractivity contribution in [2.75, 3.05) is 38.7 Å². The lowest BCUT2D eigenvalue weighted by Crippen LogP contribution is -2.62. The fourth-order valence-corrected chi connectivity index (χ4v) is 8.05. The third kappa shape index (κ3) is 9.23. The summed E-state index contributed by atoms with van der Waals surface area (Å²) in [5.74, 6) is -2.91. The van der Waals surface area contributed by atoms with Gasteiger partial charge < -0.3 is 45.4 Å². The zero-order valence-electron chi connectivity index (χ0n) is 32.0. The Morgan fingerprint density at radius 1 is 0.839 bits per heavy atom. The molecule has 16 nitrogen and oxygen atoms in total. The fourth-order valence-electron chi connectivity index (χ4n) is 8.05. The second-order valence-corrected chi connectivity index (χ2v) is 15.1. The van der Waals surface area contributed by atoms with Gasteiger partial charge in [0.2, 0.25) is 29.5 Å². The van der Waals surface area contributed by atoms with Gasteiger partial charge in [-0.25, -0.2) is 9.59 Å². The first-order chi connectivity index (χ1) is 26.9. The number of anilines is 1. The molecule has 4 fully saturated rings. The highest BCUT2D eigenvalue weighted by Crippen LogP contribution is 2.28. The maximum Gasteiger partial charge on any atom is 0.328 e. The van der Waals surface area contributed by atoms with Crippen LogP contribution in [0, 0.1) is 5.92 Å². The molecular weight excluding hydrogens is 722 g/mol. The number of hydrogen-bond donors (Lipinski definition) is 4. The number of hydrogen-bond acceptors (Lipinski definition) is 9. The van der Waals surface area contributed by atoms with E-state index in [0.29, 0.717) is 56.5 Å². The van der Waals surface area contributed by atoms with Crippen LogP contribution in [0.5, 0.6) is 5.75 Å². The van der Waals surface area contributed by atoms with Gasteiger partial charge in [-0.05, 0) is 81.2 Å². The molecule has 4 saturated heterocycles. The van der Waals surface area contributed by atoms with Crippen LogP contribution in [-0.4, -0.2) is 126 Å². The second-order valence-electron chi connectivity index (χ2n) is 15.1. The molecule has 4 aliphatic rings. The predicted molar refractivity (Wildman–Crippen MR) is 203 cm³/mol. The molecule has 0 aromatic heterocycles. The second kappa shape index (κ2) is 17.9. The number of amides is 7. The lowest BCUT2D eigenvalue weighted by Gasteiger charge is -2.39. The Labute approximate surface area is 326 Å². The summed E-state index contributed by atoms with van der Waals surface area (Å²) in [7, 11) is 1.53. The SMILES string of the molecule is COc1ccc(NC(=O)N[C@@H](Cc2ccccc2)C(=O)N[C@H]2COC(=O)[C@@H]3C[C@@H](C)CN3C(=O)[C@H](C)NC(=O)[C@@H]3CCCCN3C(=O)[C@@H]3CCCN3C2=O)cc1.